The molecule has 2 rings (SSSR count). The average Bonchev–Trinajstić information content (AvgIpc) is 2.85. The molecule has 1 amide bonds. The zero-order chi connectivity index (χ0) is 12.8. The van der Waals surface area contributed by atoms with Crippen molar-refractivity contribution in [2.75, 3.05) is 18.4 Å². The van der Waals surface area contributed by atoms with Gasteiger partial charge in [-0.2, -0.15) is 5.10 Å². The first-order valence-electron chi connectivity index (χ1n) is 6.85. The monoisotopic (exact) mass is 286 g/mol. The van der Waals surface area contributed by atoms with Crippen molar-refractivity contribution in [3.63, 3.8) is 0 Å². The van der Waals surface area contributed by atoms with Crippen molar-refractivity contribution in [2.45, 2.75) is 39.0 Å². The van der Waals surface area contributed by atoms with E-state index in [1.165, 1.54) is 0 Å². The quantitative estimate of drug-likeness (QED) is 0.776. The number of halogens is 1. The minimum atomic E-state index is 0. The van der Waals surface area contributed by atoms with Crippen molar-refractivity contribution >= 4 is 24.1 Å². The van der Waals surface area contributed by atoms with Crippen LogP contribution in [0.25, 0.3) is 0 Å². The van der Waals surface area contributed by atoms with Crippen LogP contribution in [-0.4, -0.2) is 29.2 Å². The zero-order valence-electron chi connectivity index (χ0n) is 11.4. The van der Waals surface area contributed by atoms with Gasteiger partial charge in [-0.05, 0) is 38.8 Å². The van der Waals surface area contributed by atoms with Crippen molar-refractivity contribution in [2.24, 2.45) is 5.92 Å². The van der Waals surface area contributed by atoms with Crippen LogP contribution in [0.5, 0.6) is 0 Å². The van der Waals surface area contributed by atoms with Crippen molar-refractivity contribution in [3.05, 3.63) is 11.8 Å². The lowest BCUT2D eigenvalue weighted by Gasteiger charge is -2.21. The molecule has 1 fully saturated rings. The number of piperidine rings is 1. The van der Waals surface area contributed by atoms with Crippen LogP contribution in [0.3, 0.4) is 0 Å². The number of hydrogen-bond donors (Lipinski definition) is 3. The Morgan fingerprint density at radius 2 is 2.21 bits per heavy atom. The topological polar surface area (TPSA) is 69.8 Å². The van der Waals surface area contributed by atoms with E-state index in [1.54, 1.807) is 0 Å². The second-order valence-corrected chi connectivity index (χ2v) is 4.90. The van der Waals surface area contributed by atoms with Crippen LogP contribution in [0.4, 0.5) is 5.82 Å². The van der Waals surface area contributed by atoms with E-state index in [9.17, 15) is 4.79 Å². The van der Waals surface area contributed by atoms with Crippen LogP contribution < -0.4 is 10.6 Å². The highest BCUT2D eigenvalue weighted by Gasteiger charge is 2.21. The summed E-state index contributed by atoms with van der Waals surface area (Å²) in [6, 6.07) is 1.94. The second kappa shape index (κ2) is 8.17. The van der Waals surface area contributed by atoms with E-state index in [2.05, 4.69) is 27.8 Å². The number of H-pyrrole nitrogens is 1. The molecule has 1 aromatic rings. The van der Waals surface area contributed by atoms with Crippen LogP contribution >= 0.6 is 12.4 Å². The minimum absolute atomic E-state index is 0. The molecule has 1 saturated heterocycles. The Hall–Kier alpha value is -1.07. The van der Waals surface area contributed by atoms with E-state index >= 15 is 0 Å². The first kappa shape index (κ1) is 16.0. The van der Waals surface area contributed by atoms with Crippen LogP contribution in [0.15, 0.2) is 6.07 Å². The Balaban J connectivity index is 0.00000180. The van der Waals surface area contributed by atoms with Gasteiger partial charge in [0.15, 0.2) is 5.82 Å². The molecule has 0 unspecified atom stereocenters. The van der Waals surface area contributed by atoms with Crippen molar-refractivity contribution in [3.8, 4) is 0 Å². The highest BCUT2D eigenvalue weighted by atomic mass is 35.5. The van der Waals surface area contributed by atoms with Gasteiger partial charge in [0.2, 0.25) is 5.91 Å². The van der Waals surface area contributed by atoms with Crippen LogP contribution in [-0.2, 0) is 11.2 Å². The number of anilines is 1. The number of carbonyl (C=O) groups is 1. The highest BCUT2D eigenvalue weighted by Crippen LogP contribution is 2.15. The first-order chi connectivity index (χ1) is 8.79. The molecule has 1 aliphatic rings. The maximum atomic E-state index is 12.0. The Morgan fingerprint density at radius 3 is 2.89 bits per heavy atom. The lowest BCUT2D eigenvalue weighted by atomic mass is 9.97. The fourth-order valence-corrected chi connectivity index (χ4v) is 2.23. The van der Waals surface area contributed by atoms with E-state index in [1.807, 2.05) is 6.07 Å². The van der Waals surface area contributed by atoms with E-state index in [0.717, 1.165) is 50.9 Å². The standard InChI is InChI=1S/C13H22N4O.ClH/c1-2-3-4-11-9-12(17-16-11)15-13(18)10-5-7-14-8-6-10;/h9-10,14H,2-8H2,1H3,(H2,15,16,17,18);1H. The third kappa shape index (κ3) is 4.84. The SMILES string of the molecule is CCCCc1cc(NC(=O)C2CCNCC2)n[nH]1.Cl. The number of carbonyl (C=O) groups excluding carboxylic acids is 1. The fraction of sp³-hybridized carbons (Fsp3) is 0.692. The summed E-state index contributed by atoms with van der Waals surface area (Å²) in [5.74, 6) is 0.886. The third-order valence-electron chi connectivity index (χ3n) is 3.39. The van der Waals surface area contributed by atoms with Crippen molar-refractivity contribution in [1.29, 1.82) is 0 Å². The summed E-state index contributed by atoms with van der Waals surface area (Å²) in [4.78, 5) is 12.0. The van der Waals surface area contributed by atoms with Crippen LogP contribution in [0, 0.1) is 5.92 Å². The van der Waals surface area contributed by atoms with Gasteiger partial charge in [0, 0.05) is 17.7 Å². The number of nitrogens with zero attached hydrogens (tertiary/aromatic N) is 1. The van der Waals surface area contributed by atoms with Gasteiger partial charge in [-0.15, -0.1) is 12.4 Å². The van der Waals surface area contributed by atoms with E-state index in [0.29, 0.717) is 5.82 Å². The molecule has 1 aliphatic heterocycles. The Kier molecular flexibility index (Phi) is 6.87. The summed E-state index contributed by atoms with van der Waals surface area (Å²) in [5.41, 5.74) is 1.09. The molecule has 3 N–H and O–H groups in total. The Morgan fingerprint density at radius 1 is 1.47 bits per heavy atom. The number of aromatic nitrogens is 2. The molecule has 0 spiro atoms. The summed E-state index contributed by atoms with van der Waals surface area (Å²) in [6.45, 7) is 4.02. The summed E-state index contributed by atoms with van der Waals surface area (Å²) in [6.07, 6.45) is 5.13. The molecule has 5 nitrogen and oxygen atoms in total. The molecule has 6 heteroatoms. The molecule has 0 aromatic carbocycles. The van der Waals surface area contributed by atoms with Gasteiger partial charge in [-0.25, -0.2) is 0 Å². The smallest absolute Gasteiger partial charge is 0.228 e. The lowest BCUT2D eigenvalue weighted by Crippen LogP contribution is -2.34. The maximum absolute atomic E-state index is 12.0. The lowest BCUT2D eigenvalue weighted by molar-refractivity contribution is -0.120. The van der Waals surface area contributed by atoms with Gasteiger partial charge in [-0.3, -0.25) is 9.89 Å². The predicted molar refractivity (Wildman–Crippen MR) is 78.7 cm³/mol. The molecule has 108 valence electrons. The Labute approximate surface area is 120 Å². The van der Waals surface area contributed by atoms with Gasteiger partial charge in [-0.1, -0.05) is 13.3 Å². The summed E-state index contributed by atoms with van der Waals surface area (Å²) < 4.78 is 0. The zero-order valence-corrected chi connectivity index (χ0v) is 12.2. The van der Waals surface area contributed by atoms with Gasteiger partial charge >= 0.3 is 0 Å². The molecule has 0 atom stereocenters. The Bertz CT molecular complexity index is 388. The predicted octanol–water partition coefficient (Wildman–Crippen LogP) is 2.11. The third-order valence-corrected chi connectivity index (χ3v) is 3.39. The molecule has 0 aliphatic carbocycles. The highest BCUT2D eigenvalue weighted by molar-refractivity contribution is 5.91. The second-order valence-electron chi connectivity index (χ2n) is 4.90. The summed E-state index contributed by atoms with van der Waals surface area (Å²) in [7, 11) is 0. The number of aromatic amines is 1. The number of nitrogens with one attached hydrogen (secondary N) is 3. The maximum Gasteiger partial charge on any atom is 0.228 e. The largest absolute Gasteiger partial charge is 0.317 e. The number of hydrogen-bond acceptors (Lipinski definition) is 3. The average molecular weight is 287 g/mol. The summed E-state index contributed by atoms with van der Waals surface area (Å²) >= 11 is 0. The van der Waals surface area contributed by atoms with Gasteiger partial charge in [0.05, 0.1) is 0 Å². The molecule has 19 heavy (non-hydrogen) atoms. The normalized spacial score (nSPS) is 15.8. The molecule has 0 radical (unpaired) electrons. The van der Waals surface area contributed by atoms with Crippen molar-refractivity contribution in [1.82, 2.24) is 15.5 Å². The van der Waals surface area contributed by atoms with Gasteiger partial charge in [0.1, 0.15) is 0 Å². The summed E-state index contributed by atoms with van der Waals surface area (Å²) in [5, 5.41) is 13.3. The number of rotatable bonds is 5. The molecule has 1 aromatic heterocycles. The molecular formula is C13H23ClN4O. The first-order valence-corrected chi connectivity index (χ1v) is 6.85. The molecule has 2 heterocycles. The number of unbranched alkanes of at least 4 members (excludes halogenated alkanes) is 1. The van der Waals surface area contributed by atoms with Crippen LogP contribution in [0.1, 0.15) is 38.3 Å². The molecule has 0 bridgehead atoms. The molecule has 0 saturated carbocycles. The fourth-order valence-electron chi connectivity index (χ4n) is 2.23. The van der Waals surface area contributed by atoms with E-state index < -0.39 is 0 Å². The van der Waals surface area contributed by atoms with Crippen LogP contribution in [0.2, 0.25) is 0 Å². The van der Waals surface area contributed by atoms with Crippen molar-refractivity contribution < 1.29 is 4.79 Å². The number of aryl methyl sites for hydroxylation is 1. The van der Waals surface area contributed by atoms with Gasteiger partial charge in [0.25, 0.3) is 0 Å². The molecular weight excluding hydrogens is 264 g/mol. The minimum Gasteiger partial charge on any atom is -0.317 e. The number of amides is 1. The van der Waals surface area contributed by atoms with Gasteiger partial charge < -0.3 is 10.6 Å². The van der Waals surface area contributed by atoms with E-state index in [4.69, 9.17) is 0 Å². The van der Waals surface area contributed by atoms with E-state index in [-0.39, 0.29) is 24.2 Å².